The molecule has 0 aliphatic carbocycles. The molecule has 4 N–H and O–H groups in total. The van der Waals surface area contributed by atoms with Crippen LogP contribution in [0.5, 0.6) is 0 Å². The number of nitrogens with one attached hydrogen (secondary N) is 2. The Kier molecular flexibility index (Phi) is 7.69. The molecule has 2 amide bonds. The molecule has 0 aromatic heterocycles. The van der Waals surface area contributed by atoms with Gasteiger partial charge in [0, 0.05) is 6.42 Å². The monoisotopic (exact) mass is 411 g/mol. The van der Waals surface area contributed by atoms with Crippen LogP contribution in [0.15, 0.2) is 24.3 Å². The molecule has 0 saturated heterocycles. The van der Waals surface area contributed by atoms with E-state index >= 15 is 0 Å². The van der Waals surface area contributed by atoms with E-state index in [4.69, 9.17) is 6.52 Å². The molecule has 0 bridgehead atoms. The first-order valence-electron chi connectivity index (χ1n) is 9.57. The van der Waals surface area contributed by atoms with E-state index in [9.17, 15) is 28.7 Å². The van der Waals surface area contributed by atoms with E-state index in [1.54, 1.807) is 13.8 Å². The molecule has 1 aromatic carbocycles. The van der Waals surface area contributed by atoms with Crippen molar-refractivity contribution in [3.05, 3.63) is 35.6 Å². The fourth-order valence-corrected chi connectivity index (χ4v) is 2.57. The molecule has 0 fully saturated rings. The van der Waals surface area contributed by atoms with Gasteiger partial charge in [0.2, 0.25) is 11.8 Å². The third-order valence-corrected chi connectivity index (χ3v) is 4.52. The molecule has 0 radical (unpaired) electrons. The van der Waals surface area contributed by atoms with Gasteiger partial charge < -0.3 is 20.8 Å². The van der Waals surface area contributed by atoms with E-state index in [2.05, 4.69) is 5.32 Å². The minimum atomic E-state index is -1.47. The lowest BCUT2D eigenvalue weighted by molar-refractivity contribution is -0.143. The number of halogens is 1. The second-order valence-electron chi connectivity index (χ2n) is 7.59. The normalized spacial score (nSPS) is 13.9. The molecule has 160 valence electrons. The van der Waals surface area contributed by atoms with Gasteiger partial charge in [0.25, 0.3) is 0 Å². The number of rotatable bonds is 10. The molecular formula is C20H27FN2O6. The van der Waals surface area contributed by atoms with Crippen LogP contribution in [0.3, 0.4) is 0 Å². The summed E-state index contributed by atoms with van der Waals surface area (Å²) >= 11 is 0. The molecule has 0 aliphatic heterocycles. The standard InChI is InChI=1S/C20H27FN2O6/c1-11(2)16(17(26)22-14(18(27)28)9-10-15(24)25)23-19(29)20(3,4)12-5-7-13(21)8-6-12/h5-8,11,14,16H,9-10H2,1-4H3,(H,22,26)(H,23,29)(H,24,25)(H,27,28)/t14-,16-/m0/s1/i/hD. The predicted octanol–water partition coefficient (Wildman–Crippen LogP) is 1.68. The fourth-order valence-electron chi connectivity index (χ4n) is 2.57. The van der Waals surface area contributed by atoms with Crippen molar-refractivity contribution in [2.75, 3.05) is 0 Å². The molecule has 8 nitrogen and oxygen atoms in total. The first-order valence-corrected chi connectivity index (χ1v) is 9.12. The Morgan fingerprint density at radius 2 is 1.69 bits per heavy atom. The summed E-state index contributed by atoms with van der Waals surface area (Å²) in [4.78, 5) is 47.8. The van der Waals surface area contributed by atoms with Gasteiger partial charge >= 0.3 is 11.9 Å². The van der Waals surface area contributed by atoms with Gasteiger partial charge in [-0.25, -0.2) is 9.18 Å². The molecule has 0 spiro atoms. The molecule has 0 aliphatic rings. The number of carboxylic acids is 2. The zero-order chi connectivity index (χ0) is 23.2. The number of aliphatic carboxylic acids is 2. The SMILES string of the molecule is [2H]N(C(=O)C(C)(C)c1ccc(F)cc1)[C@H](C(=O)N[C@@H](CCC(=O)O)C(=O)O)C(C)C. The van der Waals surface area contributed by atoms with Gasteiger partial charge in [0.05, 0.1) is 5.41 Å². The van der Waals surface area contributed by atoms with Gasteiger partial charge in [-0.2, -0.15) is 0 Å². The summed E-state index contributed by atoms with van der Waals surface area (Å²) in [5, 5.41) is 20.7. The van der Waals surface area contributed by atoms with Gasteiger partial charge in [-0.3, -0.25) is 14.4 Å². The third kappa shape index (κ3) is 6.85. The van der Waals surface area contributed by atoms with E-state index < -0.39 is 59.4 Å². The average molecular weight is 411 g/mol. The smallest absolute Gasteiger partial charge is 0.326 e. The summed E-state index contributed by atoms with van der Waals surface area (Å²) in [6.45, 7) is 6.26. The second-order valence-corrected chi connectivity index (χ2v) is 7.59. The lowest BCUT2D eigenvalue weighted by atomic mass is 9.83. The van der Waals surface area contributed by atoms with Gasteiger partial charge in [-0.15, -0.1) is 0 Å². The van der Waals surface area contributed by atoms with Crippen molar-refractivity contribution in [2.24, 2.45) is 5.92 Å². The fraction of sp³-hybridized carbons (Fsp3) is 0.500. The summed E-state index contributed by atoms with van der Waals surface area (Å²) in [5.41, 5.74) is -0.808. The molecule has 29 heavy (non-hydrogen) atoms. The van der Waals surface area contributed by atoms with Crippen LogP contribution in [0.25, 0.3) is 0 Å². The molecule has 1 rings (SSSR count). The van der Waals surface area contributed by atoms with Crippen molar-refractivity contribution in [1.82, 2.24) is 10.6 Å². The van der Waals surface area contributed by atoms with E-state index in [1.807, 2.05) is 0 Å². The van der Waals surface area contributed by atoms with Crippen molar-refractivity contribution in [3.63, 3.8) is 0 Å². The molecule has 9 heteroatoms. The van der Waals surface area contributed by atoms with E-state index in [-0.39, 0.29) is 6.42 Å². The Labute approximate surface area is 170 Å². The van der Waals surface area contributed by atoms with Gasteiger partial charge in [-0.05, 0) is 43.9 Å². The number of amides is 2. The highest BCUT2D eigenvalue weighted by atomic mass is 19.1. The number of carbonyl (C=O) groups excluding carboxylic acids is 2. The Balaban J connectivity index is 3.07. The summed E-state index contributed by atoms with van der Waals surface area (Å²) in [5.74, 6) is -5.26. The Morgan fingerprint density at radius 1 is 1.14 bits per heavy atom. The maximum atomic E-state index is 13.2. The Hall–Kier alpha value is -2.97. The van der Waals surface area contributed by atoms with Crippen molar-refractivity contribution in [3.8, 4) is 0 Å². The zero-order valence-corrected chi connectivity index (χ0v) is 16.8. The van der Waals surface area contributed by atoms with Crippen LogP contribution in [0.1, 0.15) is 46.1 Å². The number of carbonyl (C=O) groups is 4. The largest absolute Gasteiger partial charge is 0.481 e. The highest BCUT2D eigenvalue weighted by Crippen LogP contribution is 2.24. The predicted molar refractivity (Wildman–Crippen MR) is 103 cm³/mol. The van der Waals surface area contributed by atoms with Crippen molar-refractivity contribution < 1.29 is 35.2 Å². The van der Waals surface area contributed by atoms with Crippen LogP contribution in [-0.4, -0.2) is 46.0 Å². The molecule has 1 aromatic rings. The average Bonchev–Trinajstić information content (AvgIpc) is 2.64. The Bertz CT molecular complexity index is 797. The van der Waals surface area contributed by atoms with Crippen LogP contribution in [0.4, 0.5) is 4.39 Å². The minimum Gasteiger partial charge on any atom is -0.481 e. The molecule has 0 heterocycles. The molecule has 2 atom stereocenters. The summed E-state index contributed by atoms with van der Waals surface area (Å²) in [6.07, 6.45) is -0.807. The van der Waals surface area contributed by atoms with E-state index in [0.717, 1.165) is 0 Å². The number of benzene rings is 1. The van der Waals surface area contributed by atoms with Crippen molar-refractivity contribution >= 4 is 23.8 Å². The quantitative estimate of drug-likeness (QED) is 0.463. The summed E-state index contributed by atoms with van der Waals surface area (Å²) in [7, 11) is 0. The van der Waals surface area contributed by atoms with Gasteiger partial charge in [-0.1, -0.05) is 26.0 Å². The molecule has 0 unspecified atom stereocenters. The van der Waals surface area contributed by atoms with Crippen LogP contribution < -0.4 is 10.6 Å². The lowest BCUT2D eigenvalue weighted by Crippen LogP contribution is -2.56. The minimum absolute atomic E-state index is 0.339. The number of hydrogen-bond acceptors (Lipinski definition) is 4. The van der Waals surface area contributed by atoms with Crippen LogP contribution in [-0.2, 0) is 24.6 Å². The third-order valence-electron chi connectivity index (χ3n) is 4.52. The van der Waals surface area contributed by atoms with Crippen molar-refractivity contribution in [2.45, 2.75) is 58.0 Å². The summed E-state index contributed by atoms with van der Waals surface area (Å²) in [6, 6.07) is 2.42. The highest BCUT2D eigenvalue weighted by Gasteiger charge is 2.35. The zero-order valence-electron chi connectivity index (χ0n) is 17.8. The summed E-state index contributed by atoms with van der Waals surface area (Å²) < 4.78 is 21.5. The Morgan fingerprint density at radius 3 is 2.14 bits per heavy atom. The van der Waals surface area contributed by atoms with Crippen molar-refractivity contribution in [1.29, 1.82) is 0 Å². The van der Waals surface area contributed by atoms with Gasteiger partial charge in [0.1, 0.15) is 17.9 Å². The van der Waals surface area contributed by atoms with Crippen LogP contribution >= 0.6 is 0 Å². The highest BCUT2D eigenvalue weighted by molar-refractivity contribution is 5.94. The maximum absolute atomic E-state index is 13.2. The van der Waals surface area contributed by atoms with Crippen LogP contribution in [0.2, 0.25) is 1.41 Å². The first kappa shape index (κ1) is 22.3. The molecule has 0 saturated carbocycles. The topological polar surface area (TPSA) is 133 Å². The lowest BCUT2D eigenvalue weighted by Gasteiger charge is -2.29. The first-order chi connectivity index (χ1) is 13.8. The molecular weight excluding hydrogens is 383 g/mol. The number of carboxylic acid groups (broad SMARTS) is 2. The maximum Gasteiger partial charge on any atom is 0.326 e. The van der Waals surface area contributed by atoms with Gasteiger partial charge in [0.15, 0.2) is 1.41 Å². The number of hydrogen-bond donors (Lipinski definition) is 4. The van der Waals surface area contributed by atoms with E-state index in [0.29, 0.717) is 10.9 Å². The van der Waals surface area contributed by atoms with E-state index in [1.165, 1.54) is 38.1 Å². The second kappa shape index (κ2) is 9.99. The van der Waals surface area contributed by atoms with Crippen LogP contribution in [0, 0.1) is 11.7 Å².